The Labute approximate surface area is 168 Å². The van der Waals surface area contributed by atoms with Crippen LogP contribution in [0, 0.1) is 23.1 Å². The molecule has 0 radical (unpaired) electrons. The molecule has 0 amide bonds. The van der Waals surface area contributed by atoms with Gasteiger partial charge in [0.1, 0.15) is 30.6 Å². The monoisotopic (exact) mass is 417 g/mol. The molecule has 12 heteroatoms. The first kappa shape index (κ1) is 18.6. The minimum atomic E-state index is -1.96. The average molecular weight is 417 g/mol. The van der Waals surface area contributed by atoms with Gasteiger partial charge in [-0.15, -0.1) is 0 Å². The van der Waals surface area contributed by atoms with Crippen molar-refractivity contribution in [3.8, 4) is 6.07 Å². The van der Waals surface area contributed by atoms with Gasteiger partial charge in [0.2, 0.25) is 5.60 Å². The van der Waals surface area contributed by atoms with Crippen molar-refractivity contribution in [3.05, 3.63) is 23.9 Å². The van der Waals surface area contributed by atoms with Crippen LogP contribution in [0.3, 0.4) is 0 Å². The van der Waals surface area contributed by atoms with Crippen molar-refractivity contribution < 1.29 is 32.9 Å². The summed E-state index contributed by atoms with van der Waals surface area (Å²) in [5.41, 5.74) is 3.58. The number of fused-ring (bicyclic) bond motifs is 2. The van der Waals surface area contributed by atoms with Crippen LogP contribution in [0.25, 0.3) is 5.52 Å². The molecule has 0 aromatic carbocycles. The maximum atomic E-state index is 14.6. The molecule has 5 rings (SSSR count). The fraction of sp³-hybridized carbons (Fsp3) is 0.500. The molecule has 1 saturated carbocycles. The topological polar surface area (TPSA) is 151 Å². The molecule has 2 N–H and O–H groups in total. The van der Waals surface area contributed by atoms with Gasteiger partial charge in [-0.25, -0.2) is 18.7 Å². The molecule has 11 nitrogen and oxygen atoms in total. The van der Waals surface area contributed by atoms with Crippen molar-refractivity contribution in [3.63, 3.8) is 0 Å². The van der Waals surface area contributed by atoms with Gasteiger partial charge in [-0.2, -0.15) is 10.4 Å². The number of carbonyl (C=O) groups is 2. The first-order valence-electron chi connectivity index (χ1n) is 9.36. The lowest BCUT2D eigenvalue weighted by atomic mass is 9.86. The Kier molecular flexibility index (Phi) is 4.04. The summed E-state index contributed by atoms with van der Waals surface area (Å²) in [6.45, 7) is -0.251. The number of hydrogen-bond donors (Lipinski definition) is 1. The Morgan fingerprint density at radius 2 is 2.27 bits per heavy atom. The van der Waals surface area contributed by atoms with Crippen LogP contribution in [0.1, 0.15) is 25.0 Å². The Morgan fingerprint density at radius 1 is 1.47 bits per heavy atom. The molecular weight excluding hydrogens is 401 g/mol. The number of nitriles is 1. The molecule has 156 valence electrons. The molecule has 1 aliphatic carbocycles. The average Bonchev–Trinajstić information content (AvgIpc) is 3.30. The molecular formula is C18H16FN5O6. The molecule has 0 unspecified atom stereocenters. The van der Waals surface area contributed by atoms with Gasteiger partial charge in [0.25, 0.3) is 0 Å². The van der Waals surface area contributed by atoms with E-state index < -0.39 is 35.9 Å². The number of nitrogens with two attached hydrogens (primary N) is 1. The molecule has 2 aromatic heterocycles. The number of nitrogen functional groups attached to an aromatic ring is 1. The van der Waals surface area contributed by atoms with E-state index >= 15 is 0 Å². The normalized spacial score (nSPS) is 30.3. The molecule has 0 spiro atoms. The number of rotatable bonds is 4. The lowest BCUT2D eigenvalue weighted by Gasteiger charge is -2.25. The van der Waals surface area contributed by atoms with E-state index in [0.717, 1.165) is 36.2 Å². The Morgan fingerprint density at radius 3 is 2.97 bits per heavy atom. The largest absolute Gasteiger partial charge is 0.509 e. The van der Waals surface area contributed by atoms with Gasteiger partial charge in [0.05, 0.1) is 11.6 Å². The van der Waals surface area contributed by atoms with Crippen LogP contribution in [-0.4, -0.2) is 51.6 Å². The standard InChI is InChI=1S/C18H16FN5O6/c19-9-4-11(24-12(9)15(21)22-7-23-24)18(6-20)14-13(28-17(26)29-14)10(30-18)5-27-16(25)8-2-1-3-8/h4,7-8,10,13-14H,1-3,5H2,(H2,21,22,23)/t10-,13-,14-,18+/m1/s1. The number of ether oxygens (including phenoxy) is 4. The molecule has 2 aromatic rings. The van der Waals surface area contributed by atoms with Gasteiger partial charge >= 0.3 is 12.1 Å². The van der Waals surface area contributed by atoms with Gasteiger partial charge in [-0.1, -0.05) is 6.42 Å². The SMILES string of the molecule is N#C[C@@]1(c2cc(F)c3c(N)ncnn23)O[C@H](COC(=O)C2CCC2)[C@H]2OC(=O)O[C@H]21. The molecule has 2 saturated heterocycles. The zero-order valence-electron chi connectivity index (χ0n) is 15.5. The lowest BCUT2D eigenvalue weighted by Crippen LogP contribution is -2.39. The smallest absolute Gasteiger partial charge is 0.463 e. The number of aromatic nitrogens is 3. The summed E-state index contributed by atoms with van der Waals surface area (Å²) < 4.78 is 37.2. The summed E-state index contributed by atoms with van der Waals surface area (Å²) in [6.07, 6.45) is -0.671. The van der Waals surface area contributed by atoms with Crippen molar-refractivity contribution in [2.75, 3.05) is 12.3 Å². The maximum Gasteiger partial charge on any atom is 0.509 e. The third kappa shape index (κ3) is 2.51. The summed E-state index contributed by atoms with van der Waals surface area (Å²) in [5.74, 6) is -1.44. The summed E-state index contributed by atoms with van der Waals surface area (Å²) >= 11 is 0. The van der Waals surface area contributed by atoms with E-state index in [-0.39, 0.29) is 35.5 Å². The molecule has 4 atom stereocenters. The summed E-state index contributed by atoms with van der Waals surface area (Å²) in [5, 5.41) is 14.0. The van der Waals surface area contributed by atoms with Crippen molar-refractivity contribution in [1.29, 1.82) is 5.26 Å². The van der Waals surface area contributed by atoms with Gasteiger partial charge in [-0.05, 0) is 12.8 Å². The van der Waals surface area contributed by atoms with Gasteiger partial charge in [0, 0.05) is 6.07 Å². The maximum absolute atomic E-state index is 14.6. The van der Waals surface area contributed by atoms with Crippen LogP contribution in [0.4, 0.5) is 15.0 Å². The zero-order valence-corrected chi connectivity index (χ0v) is 15.5. The van der Waals surface area contributed by atoms with Crippen LogP contribution in [0.15, 0.2) is 12.4 Å². The highest BCUT2D eigenvalue weighted by Crippen LogP contribution is 2.46. The zero-order chi connectivity index (χ0) is 21.0. The van der Waals surface area contributed by atoms with Crippen molar-refractivity contribution in [1.82, 2.24) is 14.6 Å². The number of nitrogens with zero attached hydrogens (tertiary/aromatic N) is 4. The fourth-order valence-corrected chi connectivity index (χ4v) is 4.03. The number of carbonyl (C=O) groups excluding carboxylic acids is 2. The highest BCUT2D eigenvalue weighted by atomic mass is 19.1. The van der Waals surface area contributed by atoms with Crippen LogP contribution in [0.5, 0.6) is 0 Å². The quantitative estimate of drug-likeness (QED) is 0.708. The Balaban J connectivity index is 1.52. The van der Waals surface area contributed by atoms with Crippen molar-refractivity contribution >= 4 is 23.5 Å². The third-order valence-corrected chi connectivity index (χ3v) is 5.77. The Bertz CT molecular complexity index is 1090. The van der Waals surface area contributed by atoms with Crippen LogP contribution in [0.2, 0.25) is 0 Å². The number of halogens is 1. The van der Waals surface area contributed by atoms with E-state index in [2.05, 4.69) is 10.1 Å². The van der Waals surface area contributed by atoms with E-state index in [1.54, 1.807) is 0 Å². The first-order chi connectivity index (χ1) is 14.4. The predicted molar refractivity (Wildman–Crippen MR) is 93.0 cm³/mol. The van der Waals surface area contributed by atoms with Crippen molar-refractivity contribution in [2.24, 2.45) is 5.92 Å². The van der Waals surface area contributed by atoms with E-state index in [9.17, 15) is 19.2 Å². The van der Waals surface area contributed by atoms with E-state index in [0.29, 0.717) is 0 Å². The minimum Gasteiger partial charge on any atom is -0.463 e. The van der Waals surface area contributed by atoms with Crippen LogP contribution < -0.4 is 5.73 Å². The third-order valence-electron chi connectivity index (χ3n) is 5.77. The second-order valence-corrected chi connectivity index (χ2v) is 7.42. The van der Waals surface area contributed by atoms with E-state index in [1.165, 1.54) is 0 Å². The molecule has 30 heavy (non-hydrogen) atoms. The molecule has 3 aliphatic rings. The number of hydrogen-bond acceptors (Lipinski definition) is 10. The van der Waals surface area contributed by atoms with Crippen molar-refractivity contribution in [2.45, 2.75) is 43.2 Å². The lowest BCUT2D eigenvalue weighted by molar-refractivity contribution is -0.158. The summed E-state index contributed by atoms with van der Waals surface area (Å²) in [7, 11) is 0. The van der Waals surface area contributed by atoms with Gasteiger partial charge in [0.15, 0.2) is 23.8 Å². The number of esters is 1. The Hall–Kier alpha value is -3.46. The molecule has 3 fully saturated rings. The fourth-order valence-electron chi connectivity index (χ4n) is 4.03. The van der Waals surface area contributed by atoms with Gasteiger partial charge in [-0.3, -0.25) is 4.79 Å². The highest BCUT2D eigenvalue weighted by molar-refractivity contribution is 5.73. The van der Waals surface area contributed by atoms with Crippen LogP contribution >= 0.6 is 0 Å². The highest BCUT2D eigenvalue weighted by Gasteiger charge is 2.66. The molecule has 2 aliphatic heterocycles. The predicted octanol–water partition coefficient (Wildman–Crippen LogP) is 0.816. The van der Waals surface area contributed by atoms with E-state index in [1.807, 2.05) is 6.07 Å². The number of anilines is 1. The minimum absolute atomic E-state index is 0.0484. The summed E-state index contributed by atoms with van der Waals surface area (Å²) in [4.78, 5) is 27.7. The molecule has 4 heterocycles. The molecule has 0 bridgehead atoms. The summed E-state index contributed by atoms with van der Waals surface area (Å²) in [6, 6.07) is 2.99. The van der Waals surface area contributed by atoms with E-state index in [4.69, 9.17) is 24.7 Å². The van der Waals surface area contributed by atoms with Gasteiger partial charge < -0.3 is 24.7 Å². The van der Waals surface area contributed by atoms with Crippen LogP contribution in [-0.2, 0) is 29.3 Å². The second kappa shape index (κ2) is 6.53. The first-order valence-corrected chi connectivity index (χ1v) is 9.36. The second-order valence-electron chi connectivity index (χ2n) is 7.42.